The Morgan fingerprint density at radius 1 is 1.60 bits per heavy atom. The number of nitrogens with zero attached hydrogens (tertiary/aromatic N) is 1. The van der Waals surface area contributed by atoms with Crippen LogP contribution >= 0.6 is 0 Å². The molecule has 0 saturated carbocycles. The molecule has 0 aromatic heterocycles. The number of nitrogens with one attached hydrogen (secondary N) is 1. The standard InChI is InChI=1S/C7H15N3/c1-2-3-6-9-10-7-4-5-8/h2-3,6,10H,4-5,7-8H2,1H3/b3-2-,9-6-. The number of hydrazone groups is 1. The molecular weight excluding hydrogens is 126 g/mol. The molecule has 0 saturated heterocycles. The molecule has 0 atom stereocenters. The fourth-order valence-corrected chi connectivity index (χ4v) is 0.427. The Bertz CT molecular complexity index is 107. The quantitative estimate of drug-likeness (QED) is 0.332. The fourth-order valence-electron chi connectivity index (χ4n) is 0.427. The van der Waals surface area contributed by atoms with Gasteiger partial charge in [0, 0.05) is 12.8 Å². The topological polar surface area (TPSA) is 50.4 Å². The molecule has 0 bridgehead atoms. The predicted octanol–water partition coefficient (Wildman–Crippen LogP) is 0.487. The Labute approximate surface area is 62.0 Å². The van der Waals surface area contributed by atoms with Crippen LogP contribution in [0.1, 0.15) is 13.3 Å². The molecule has 0 aliphatic heterocycles. The van der Waals surface area contributed by atoms with Gasteiger partial charge in [-0.3, -0.25) is 0 Å². The molecule has 10 heavy (non-hydrogen) atoms. The number of rotatable bonds is 5. The number of allylic oxidation sites excluding steroid dienone is 2. The highest BCUT2D eigenvalue weighted by molar-refractivity contribution is 5.70. The summed E-state index contributed by atoms with van der Waals surface area (Å²) in [5.41, 5.74) is 8.12. The van der Waals surface area contributed by atoms with Crippen LogP contribution in [-0.4, -0.2) is 19.3 Å². The minimum atomic E-state index is 0.714. The first-order chi connectivity index (χ1) is 4.91. The molecule has 0 aliphatic rings. The molecule has 3 nitrogen and oxygen atoms in total. The van der Waals surface area contributed by atoms with Crippen molar-refractivity contribution < 1.29 is 0 Å². The first-order valence-corrected chi connectivity index (χ1v) is 3.49. The number of hydrogen-bond donors (Lipinski definition) is 2. The van der Waals surface area contributed by atoms with Crippen molar-refractivity contribution in [3.05, 3.63) is 12.2 Å². The summed E-state index contributed by atoms with van der Waals surface area (Å²) in [6, 6.07) is 0. The lowest BCUT2D eigenvalue weighted by Gasteiger charge is -1.94. The minimum absolute atomic E-state index is 0.714. The molecule has 58 valence electrons. The van der Waals surface area contributed by atoms with Crippen molar-refractivity contribution in [3.8, 4) is 0 Å². The number of nitrogens with two attached hydrogens (primary N) is 1. The Morgan fingerprint density at radius 3 is 3.00 bits per heavy atom. The van der Waals surface area contributed by atoms with E-state index < -0.39 is 0 Å². The zero-order valence-corrected chi connectivity index (χ0v) is 6.38. The highest BCUT2D eigenvalue weighted by atomic mass is 15.3. The van der Waals surface area contributed by atoms with Crippen LogP contribution in [0.25, 0.3) is 0 Å². The van der Waals surface area contributed by atoms with Crippen molar-refractivity contribution in [2.45, 2.75) is 13.3 Å². The summed E-state index contributed by atoms with van der Waals surface area (Å²) in [6.45, 7) is 3.52. The SMILES string of the molecule is C/C=C\C=N/NCCCN. The van der Waals surface area contributed by atoms with Gasteiger partial charge in [0.25, 0.3) is 0 Å². The van der Waals surface area contributed by atoms with E-state index in [9.17, 15) is 0 Å². The molecule has 3 heteroatoms. The van der Waals surface area contributed by atoms with Gasteiger partial charge in [0.05, 0.1) is 0 Å². The first-order valence-electron chi connectivity index (χ1n) is 3.49. The van der Waals surface area contributed by atoms with Crippen molar-refractivity contribution in [1.82, 2.24) is 5.43 Å². The van der Waals surface area contributed by atoms with E-state index in [1.807, 2.05) is 19.1 Å². The third-order valence-electron chi connectivity index (χ3n) is 0.937. The molecule has 0 aromatic rings. The van der Waals surface area contributed by atoms with E-state index in [0.29, 0.717) is 6.54 Å². The smallest absolute Gasteiger partial charge is 0.0464 e. The lowest BCUT2D eigenvalue weighted by Crippen LogP contribution is -2.12. The van der Waals surface area contributed by atoms with Crippen LogP contribution in [0.15, 0.2) is 17.3 Å². The normalized spacial score (nSPS) is 11.4. The summed E-state index contributed by atoms with van der Waals surface area (Å²) in [6.07, 6.45) is 6.48. The molecule has 0 rings (SSSR count). The van der Waals surface area contributed by atoms with Crippen LogP contribution in [-0.2, 0) is 0 Å². The van der Waals surface area contributed by atoms with Crippen molar-refractivity contribution >= 4 is 6.21 Å². The summed E-state index contributed by atoms with van der Waals surface area (Å²) < 4.78 is 0. The Hall–Kier alpha value is -0.830. The molecule has 3 N–H and O–H groups in total. The molecule has 0 aromatic carbocycles. The summed E-state index contributed by atoms with van der Waals surface area (Å²) in [5.74, 6) is 0. The van der Waals surface area contributed by atoms with Gasteiger partial charge in [-0.05, 0) is 26.0 Å². The minimum Gasteiger partial charge on any atom is -0.330 e. The summed E-state index contributed by atoms with van der Waals surface area (Å²) >= 11 is 0. The lowest BCUT2D eigenvalue weighted by atomic mass is 10.4. The van der Waals surface area contributed by atoms with Gasteiger partial charge in [0.2, 0.25) is 0 Å². The largest absolute Gasteiger partial charge is 0.330 e. The van der Waals surface area contributed by atoms with Gasteiger partial charge in [0.1, 0.15) is 0 Å². The van der Waals surface area contributed by atoms with E-state index in [4.69, 9.17) is 5.73 Å². The van der Waals surface area contributed by atoms with Crippen LogP contribution < -0.4 is 11.2 Å². The molecule has 0 spiro atoms. The van der Waals surface area contributed by atoms with Gasteiger partial charge in [-0.2, -0.15) is 5.10 Å². The van der Waals surface area contributed by atoms with E-state index in [2.05, 4.69) is 10.5 Å². The van der Waals surface area contributed by atoms with Crippen LogP contribution in [0.3, 0.4) is 0 Å². The molecular formula is C7H15N3. The molecule has 0 radical (unpaired) electrons. The molecule has 0 heterocycles. The van der Waals surface area contributed by atoms with Crippen LogP contribution in [0.5, 0.6) is 0 Å². The van der Waals surface area contributed by atoms with Gasteiger partial charge in [-0.15, -0.1) is 0 Å². The highest BCUT2D eigenvalue weighted by Gasteiger charge is 1.76. The van der Waals surface area contributed by atoms with Crippen LogP contribution in [0.2, 0.25) is 0 Å². The second-order valence-corrected chi connectivity index (χ2v) is 1.85. The van der Waals surface area contributed by atoms with E-state index in [1.165, 1.54) is 0 Å². The fraction of sp³-hybridized carbons (Fsp3) is 0.571. The Morgan fingerprint density at radius 2 is 2.40 bits per heavy atom. The van der Waals surface area contributed by atoms with Crippen molar-refractivity contribution in [2.75, 3.05) is 13.1 Å². The van der Waals surface area contributed by atoms with E-state index >= 15 is 0 Å². The number of hydrogen-bond acceptors (Lipinski definition) is 3. The third-order valence-corrected chi connectivity index (χ3v) is 0.937. The average Bonchev–Trinajstić information content (AvgIpc) is 1.97. The maximum Gasteiger partial charge on any atom is 0.0464 e. The van der Waals surface area contributed by atoms with Crippen molar-refractivity contribution in [1.29, 1.82) is 0 Å². The highest BCUT2D eigenvalue weighted by Crippen LogP contribution is 1.69. The van der Waals surface area contributed by atoms with Gasteiger partial charge in [-0.25, -0.2) is 0 Å². The summed E-state index contributed by atoms with van der Waals surface area (Å²) in [7, 11) is 0. The van der Waals surface area contributed by atoms with Gasteiger partial charge >= 0.3 is 0 Å². The molecule has 0 unspecified atom stereocenters. The molecule has 0 amide bonds. The zero-order chi connectivity index (χ0) is 7.66. The van der Waals surface area contributed by atoms with Gasteiger partial charge in [-0.1, -0.05) is 6.08 Å². The van der Waals surface area contributed by atoms with Crippen molar-refractivity contribution in [2.24, 2.45) is 10.8 Å². The molecule has 0 fully saturated rings. The summed E-state index contributed by atoms with van der Waals surface area (Å²) in [5, 5.41) is 3.88. The van der Waals surface area contributed by atoms with E-state index in [0.717, 1.165) is 13.0 Å². The average molecular weight is 141 g/mol. The Balaban J connectivity index is 3.02. The lowest BCUT2D eigenvalue weighted by molar-refractivity contribution is 0.692. The zero-order valence-electron chi connectivity index (χ0n) is 6.38. The van der Waals surface area contributed by atoms with Crippen molar-refractivity contribution in [3.63, 3.8) is 0 Å². The maximum atomic E-state index is 5.26. The van der Waals surface area contributed by atoms with E-state index in [-0.39, 0.29) is 0 Å². The first kappa shape index (κ1) is 9.17. The molecule has 0 aliphatic carbocycles. The maximum absolute atomic E-state index is 5.26. The van der Waals surface area contributed by atoms with E-state index in [1.54, 1.807) is 6.21 Å². The van der Waals surface area contributed by atoms with Crippen LogP contribution in [0.4, 0.5) is 0 Å². The second kappa shape index (κ2) is 8.17. The second-order valence-electron chi connectivity index (χ2n) is 1.85. The van der Waals surface area contributed by atoms with Crippen LogP contribution in [0, 0.1) is 0 Å². The predicted molar refractivity (Wildman–Crippen MR) is 45.0 cm³/mol. The Kier molecular flexibility index (Phi) is 7.49. The monoisotopic (exact) mass is 141 g/mol. The third kappa shape index (κ3) is 7.17. The van der Waals surface area contributed by atoms with Gasteiger partial charge in [0.15, 0.2) is 0 Å². The van der Waals surface area contributed by atoms with Gasteiger partial charge < -0.3 is 11.2 Å². The summed E-state index contributed by atoms with van der Waals surface area (Å²) in [4.78, 5) is 0.